The molecular formula is C8H7FN2O. The molecule has 0 atom stereocenters. The van der Waals surface area contributed by atoms with E-state index in [0.29, 0.717) is 0 Å². The molecule has 0 bridgehead atoms. The van der Waals surface area contributed by atoms with Gasteiger partial charge in [-0.3, -0.25) is 5.43 Å². The fraction of sp³-hybridized carbons (Fsp3) is 0. The van der Waals surface area contributed by atoms with E-state index in [2.05, 4.69) is 5.43 Å². The van der Waals surface area contributed by atoms with Crippen LogP contribution in [-0.4, -0.2) is 0 Å². The highest BCUT2D eigenvalue weighted by Gasteiger charge is 2.07. The average molecular weight is 166 g/mol. The van der Waals surface area contributed by atoms with E-state index in [0.717, 1.165) is 5.69 Å². The number of hydrazine groups is 1. The first-order valence-corrected chi connectivity index (χ1v) is 3.50. The predicted octanol–water partition coefficient (Wildman–Crippen LogP) is 1.55. The van der Waals surface area contributed by atoms with E-state index in [1.165, 1.54) is 23.6 Å². The lowest BCUT2D eigenvalue weighted by molar-refractivity contribution is 0.221. The van der Waals surface area contributed by atoms with Crippen molar-refractivity contribution >= 4 is 5.69 Å². The average Bonchev–Trinajstić information content (AvgIpc) is 2.58. The van der Waals surface area contributed by atoms with Gasteiger partial charge >= 0.3 is 0 Å². The molecule has 1 aliphatic heterocycles. The topological polar surface area (TPSA) is 24.5 Å². The molecule has 1 aliphatic rings. The van der Waals surface area contributed by atoms with Crippen molar-refractivity contribution in [2.45, 2.75) is 0 Å². The van der Waals surface area contributed by atoms with Gasteiger partial charge in [0.1, 0.15) is 12.1 Å². The Morgan fingerprint density at radius 1 is 1.25 bits per heavy atom. The van der Waals surface area contributed by atoms with Gasteiger partial charge in [-0.25, -0.2) is 4.39 Å². The maximum atomic E-state index is 12.5. The molecule has 0 saturated heterocycles. The molecule has 0 aromatic heterocycles. The third-order valence-corrected chi connectivity index (χ3v) is 1.49. The van der Waals surface area contributed by atoms with E-state index in [4.69, 9.17) is 4.84 Å². The fourth-order valence-corrected chi connectivity index (χ4v) is 0.932. The Bertz CT molecular complexity index is 288. The number of rotatable bonds is 1. The van der Waals surface area contributed by atoms with E-state index in [-0.39, 0.29) is 5.82 Å². The van der Waals surface area contributed by atoms with Gasteiger partial charge < -0.3 is 4.84 Å². The molecular weight excluding hydrogens is 159 g/mol. The zero-order chi connectivity index (χ0) is 8.39. The quantitative estimate of drug-likeness (QED) is 0.685. The number of hydrogen-bond donors (Lipinski definition) is 1. The Morgan fingerprint density at radius 2 is 2.00 bits per heavy atom. The summed E-state index contributed by atoms with van der Waals surface area (Å²) >= 11 is 0. The van der Waals surface area contributed by atoms with E-state index in [1.54, 1.807) is 18.3 Å². The second-order valence-corrected chi connectivity index (χ2v) is 2.31. The van der Waals surface area contributed by atoms with Gasteiger partial charge in [-0.15, -0.1) is 5.17 Å². The molecule has 4 heteroatoms. The SMILES string of the molecule is Fc1ccc(N2NC=CO2)cc1. The molecule has 3 nitrogen and oxygen atoms in total. The number of hydrogen-bond acceptors (Lipinski definition) is 3. The molecule has 1 aromatic carbocycles. The third kappa shape index (κ3) is 1.18. The summed E-state index contributed by atoms with van der Waals surface area (Å²) in [6.45, 7) is 0. The van der Waals surface area contributed by atoms with Crippen LogP contribution in [0.1, 0.15) is 0 Å². The number of nitrogens with zero attached hydrogens (tertiary/aromatic N) is 1. The van der Waals surface area contributed by atoms with Gasteiger partial charge in [-0.1, -0.05) is 0 Å². The van der Waals surface area contributed by atoms with Crippen molar-refractivity contribution < 1.29 is 9.23 Å². The predicted molar refractivity (Wildman–Crippen MR) is 42.2 cm³/mol. The van der Waals surface area contributed by atoms with Gasteiger partial charge in [0.25, 0.3) is 0 Å². The molecule has 12 heavy (non-hydrogen) atoms. The van der Waals surface area contributed by atoms with Gasteiger partial charge in [-0.05, 0) is 24.3 Å². The highest BCUT2D eigenvalue weighted by Crippen LogP contribution is 2.14. The Morgan fingerprint density at radius 3 is 2.58 bits per heavy atom. The van der Waals surface area contributed by atoms with E-state index in [1.807, 2.05) is 0 Å². The maximum Gasteiger partial charge on any atom is 0.139 e. The number of benzene rings is 1. The minimum absolute atomic E-state index is 0.258. The molecule has 0 aliphatic carbocycles. The van der Waals surface area contributed by atoms with Crippen LogP contribution in [0.3, 0.4) is 0 Å². The second kappa shape index (κ2) is 2.73. The number of halogens is 1. The second-order valence-electron chi connectivity index (χ2n) is 2.31. The van der Waals surface area contributed by atoms with Crippen molar-refractivity contribution in [1.29, 1.82) is 0 Å². The van der Waals surface area contributed by atoms with Gasteiger partial charge in [0.2, 0.25) is 0 Å². The minimum atomic E-state index is -0.258. The lowest BCUT2D eigenvalue weighted by Gasteiger charge is -2.15. The van der Waals surface area contributed by atoms with Crippen molar-refractivity contribution in [2.75, 3.05) is 5.17 Å². The highest BCUT2D eigenvalue weighted by atomic mass is 19.1. The van der Waals surface area contributed by atoms with Crippen LogP contribution >= 0.6 is 0 Å². The molecule has 1 aromatic rings. The molecule has 0 fully saturated rings. The van der Waals surface area contributed by atoms with Crippen LogP contribution in [0.5, 0.6) is 0 Å². The van der Waals surface area contributed by atoms with Crippen LogP contribution in [0.15, 0.2) is 36.7 Å². The molecule has 0 spiro atoms. The van der Waals surface area contributed by atoms with Gasteiger partial charge in [0.15, 0.2) is 0 Å². The van der Waals surface area contributed by atoms with Crippen molar-refractivity contribution in [1.82, 2.24) is 5.43 Å². The molecule has 0 unspecified atom stereocenters. The van der Waals surface area contributed by atoms with Crippen molar-refractivity contribution in [2.24, 2.45) is 0 Å². The monoisotopic (exact) mass is 166 g/mol. The minimum Gasteiger partial charge on any atom is -0.366 e. The smallest absolute Gasteiger partial charge is 0.139 e. The Labute approximate surface area is 69.0 Å². The summed E-state index contributed by atoms with van der Waals surface area (Å²) in [6, 6.07) is 5.99. The third-order valence-electron chi connectivity index (χ3n) is 1.49. The van der Waals surface area contributed by atoms with Gasteiger partial charge in [0, 0.05) is 0 Å². The lowest BCUT2D eigenvalue weighted by atomic mass is 10.3. The van der Waals surface area contributed by atoms with E-state index >= 15 is 0 Å². The van der Waals surface area contributed by atoms with Crippen molar-refractivity contribution in [3.05, 3.63) is 42.5 Å². The lowest BCUT2D eigenvalue weighted by Crippen LogP contribution is -2.27. The Balaban J connectivity index is 2.18. The van der Waals surface area contributed by atoms with Crippen molar-refractivity contribution in [3.8, 4) is 0 Å². The zero-order valence-corrected chi connectivity index (χ0v) is 6.20. The highest BCUT2D eigenvalue weighted by molar-refractivity contribution is 5.43. The molecule has 1 heterocycles. The van der Waals surface area contributed by atoms with Crippen LogP contribution < -0.4 is 10.6 Å². The van der Waals surface area contributed by atoms with Crippen LogP contribution in [-0.2, 0) is 4.84 Å². The van der Waals surface area contributed by atoms with Crippen LogP contribution in [0.4, 0.5) is 10.1 Å². The number of nitrogens with one attached hydrogen (secondary N) is 1. The van der Waals surface area contributed by atoms with Crippen molar-refractivity contribution in [3.63, 3.8) is 0 Å². The largest absolute Gasteiger partial charge is 0.366 e. The summed E-state index contributed by atoms with van der Waals surface area (Å²) in [5.74, 6) is -0.258. The van der Waals surface area contributed by atoms with Crippen LogP contribution in [0.25, 0.3) is 0 Å². The summed E-state index contributed by atoms with van der Waals surface area (Å²) in [5, 5.41) is 1.43. The van der Waals surface area contributed by atoms with Gasteiger partial charge in [-0.2, -0.15) is 0 Å². The standard InChI is InChI=1S/C8H7FN2O/c9-7-1-3-8(4-2-7)11-10-5-6-12-11/h1-6,10H. The summed E-state index contributed by atoms with van der Waals surface area (Å²) in [7, 11) is 0. The Kier molecular flexibility index (Phi) is 1.59. The van der Waals surface area contributed by atoms with E-state index in [9.17, 15) is 4.39 Å². The van der Waals surface area contributed by atoms with Gasteiger partial charge in [0.05, 0.1) is 11.9 Å². The van der Waals surface area contributed by atoms with E-state index < -0.39 is 0 Å². The molecule has 2 rings (SSSR count). The summed E-state index contributed by atoms with van der Waals surface area (Å²) in [5.41, 5.74) is 3.55. The summed E-state index contributed by atoms with van der Waals surface area (Å²) in [6.07, 6.45) is 3.15. The first-order valence-electron chi connectivity index (χ1n) is 3.50. The van der Waals surface area contributed by atoms with Crippen LogP contribution in [0.2, 0.25) is 0 Å². The normalized spacial score (nSPS) is 14.2. The number of anilines is 1. The molecule has 62 valence electrons. The summed E-state index contributed by atoms with van der Waals surface area (Å²) < 4.78 is 12.5. The maximum absolute atomic E-state index is 12.5. The Hall–Kier alpha value is -1.71. The summed E-state index contributed by atoms with van der Waals surface area (Å²) in [4.78, 5) is 5.00. The first kappa shape index (κ1) is 6.97. The first-order chi connectivity index (χ1) is 5.86. The molecule has 1 N–H and O–H groups in total. The van der Waals surface area contributed by atoms with Crippen LogP contribution in [0, 0.1) is 5.82 Å². The molecule has 0 amide bonds. The molecule has 0 radical (unpaired) electrons. The fourth-order valence-electron chi connectivity index (χ4n) is 0.932. The molecule has 0 saturated carbocycles. The zero-order valence-electron chi connectivity index (χ0n) is 6.20.